The molecule has 0 fully saturated rings. The number of rotatable bonds is 4. The molecule has 0 unspecified atom stereocenters. The Balaban J connectivity index is 1.71. The van der Waals surface area contributed by atoms with Crippen molar-refractivity contribution in [2.75, 3.05) is 5.32 Å². The minimum atomic E-state index is -0.228. The molecule has 0 bridgehead atoms. The van der Waals surface area contributed by atoms with Crippen LogP contribution in [0, 0.1) is 0 Å². The molecule has 0 spiro atoms. The molecule has 0 radical (unpaired) electrons. The minimum Gasteiger partial charge on any atom is -0.362 e. The summed E-state index contributed by atoms with van der Waals surface area (Å²) in [6.07, 6.45) is 5.48. The number of nitrogens with zero attached hydrogens (tertiary/aromatic N) is 2. The third-order valence-electron chi connectivity index (χ3n) is 3.91. The SMILES string of the molecule is O=C(Nc1nocc1-c1ccccc1-n1cccc1)c1ccccc1. The van der Waals surface area contributed by atoms with E-state index in [0.29, 0.717) is 11.4 Å². The van der Waals surface area contributed by atoms with Gasteiger partial charge >= 0.3 is 0 Å². The lowest BCUT2D eigenvalue weighted by Gasteiger charge is -2.10. The van der Waals surface area contributed by atoms with Crippen molar-refractivity contribution >= 4 is 11.7 Å². The molecule has 0 aliphatic heterocycles. The molecule has 4 rings (SSSR count). The lowest BCUT2D eigenvalue weighted by Crippen LogP contribution is -2.12. The monoisotopic (exact) mass is 329 g/mol. The van der Waals surface area contributed by atoms with Gasteiger partial charge in [-0.2, -0.15) is 0 Å². The maximum absolute atomic E-state index is 12.4. The molecule has 1 N–H and O–H groups in total. The molecule has 2 aromatic carbocycles. The normalized spacial score (nSPS) is 10.6. The molecule has 5 heteroatoms. The van der Waals surface area contributed by atoms with Gasteiger partial charge in [-0.25, -0.2) is 0 Å². The summed E-state index contributed by atoms with van der Waals surface area (Å²) in [6, 6.07) is 20.8. The van der Waals surface area contributed by atoms with Crippen LogP contribution in [0.5, 0.6) is 0 Å². The Morgan fingerprint density at radius 1 is 0.880 bits per heavy atom. The van der Waals surface area contributed by atoms with Crippen LogP contribution in [0.15, 0.2) is 89.9 Å². The molecule has 0 saturated carbocycles. The number of para-hydroxylation sites is 1. The zero-order valence-corrected chi connectivity index (χ0v) is 13.3. The molecule has 0 atom stereocenters. The van der Waals surface area contributed by atoms with E-state index in [1.54, 1.807) is 18.4 Å². The average molecular weight is 329 g/mol. The van der Waals surface area contributed by atoms with Crippen LogP contribution < -0.4 is 5.32 Å². The summed E-state index contributed by atoms with van der Waals surface area (Å²) in [6.45, 7) is 0. The van der Waals surface area contributed by atoms with Crippen LogP contribution in [-0.2, 0) is 0 Å². The molecular weight excluding hydrogens is 314 g/mol. The molecular formula is C20H15N3O2. The summed E-state index contributed by atoms with van der Waals surface area (Å²) in [4.78, 5) is 12.4. The highest BCUT2D eigenvalue weighted by atomic mass is 16.5. The zero-order chi connectivity index (χ0) is 17.1. The molecule has 2 heterocycles. The highest BCUT2D eigenvalue weighted by molar-refractivity contribution is 6.05. The van der Waals surface area contributed by atoms with Gasteiger partial charge in [0, 0.05) is 23.5 Å². The summed E-state index contributed by atoms with van der Waals surface area (Å²) in [5, 5.41) is 6.79. The van der Waals surface area contributed by atoms with Gasteiger partial charge in [0.1, 0.15) is 6.26 Å². The van der Waals surface area contributed by atoms with E-state index in [1.165, 1.54) is 0 Å². The molecule has 122 valence electrons. The predicted octanol–water partition coefficient (Wildman–Crippen LogP) is 4.38. The second-order valence-electron chi connectivity index (χ2n) is 5.50. The molecule has 0 aliphatic carbocycles. The van der Waals surface area contributed by atoms with Crippen molar-refractivity contribution < 1.29 is 9.32 Å². The number of amides is 1. The standard InChI is InChI=1S/C20H15N3O2/c24-20(15-8-2-1-3-9-15)21-19-17(14-25-22-19)16-10-4-5-11-18(16)23-12-6-7-13-23/h1-14H,(H,21,22,24). The van der Waals surface area contributed by atoms with Gasteiger partial charge in [-0.1, -0.05) is 41.6 Å². The summed E-state index contributed by atoms with van der Waals surface area (Å²) in [7, 11) is 0. The van der Waals surface area contributed by atoms with E-state index >= 15 is 0 Å². The van der Waals surface area contributed by atoms with E-state index in [-0.39, 0.29) is 5.91 Å². The maximum Gasteiger partial charge on any atom is 0.256 e. The summed E-state index contributed by atoms with van der Waals surface area (Å²) >= 11 is 0. The van der Waals surface area contributed by atoms with Crippen LogP contribution in [0.3, 0.4) is 0 Å². The number of aromatic nitrogens is 2. The van der Waals surface area contributed by atoms with Gasteiger partial charge in [0.15, 0.2) is 5.82 Å². The fourth-order valence-corrected chi connectivity index (χ4v) is 2.71. The van der Waals surface area contributed by atoms with Crippen LogP contribution >= 0.6 is 0 Å². The zero-order valence-electron chi connectivity index (χ0n) is 13.3. The second kappa shape index (κ2) is 6.49. The van der Waals surface area contributed by atoms with E-state index in [0.717, 1.165) is 16.8 Å². The van der Waals surface area contributed by atoms with Gasteiger partial charge in [0.05, 0.1) is 11.3 Å². The molecule has 1 amide bonds. The Morgan fingerprint density at radius 2 is 1.60 bits per heavy atom. The highest BCUT2D eigenvalue weighted by Gasteiger charge is 2.17. The van der Waals surface area contributed by atoms with E-state index in [2.05, 4.69) is 10.5 Å². The van der Waals surface area contributed by atoms with Crippen LogP contribution in [0.25, 0.3) is 16.8 Å². The van der Waals surface area contributed by atoms with Crippen LogP contribution in [0.1, 0.15) is 10.4 Å². The van der Waals surface area contributed by atoms with Crippen molar-refractivity contribution in [2.45, 2.75) is 0 Å². The lowest BCUT2D eigenvalue weighted by molar-refractivity contribution is 0.102. The summed E-state index contributed by atoms with van der Waals surface area (Å²) in [5.41, 5.74) is 3.19. The Labute approximate surface area is 144 Å². The number of anilines is 1. The van der Waals surface area contributed by atoms with Crippen molar-refractivity contribution in [1.82, 2.24) is 9.72 Å². The Kier molecular flexibility index (Phi) is 3.88. The topological polar surface area (TPSA) is 60.1 Å². The van der Waals surface area contributed by atoms with Crippen molar-refractivity contribution in [2.24, 2.45) is 0 Å². The number of carbonyl (C=O) groups is 1. The molecule has 25 heavy (non-hydrogen) atoms. The van der Waals surface area contributed by atoms with Gasteiger partial charge in [0.25, 0.3) is 5.91 Å². The lowest BCUT2D eigenvalue weighted by atomic mass is 10.1. The maximum atomic E-state index is 12.4. The number of hydrogen-bond donors (Lipinski definition) is 1. The molecule has 5 nitrogen and oxygen atoms in total. The third-order valence-corrected chi connectivity index (χ3v) is 3.91. The van der Waals surface area contributed by atoms with E-state index in [9.17, 15) is 4.79 Å². The van der Waals surface area contributed by atoms with Gasteiger partial charge in [-0.3, -0.25) is 4.79 Å². The fourth-order valence-electron chi connectivity index (χ4n) is 2.71. The first kappa shape index (κ1) is 15.0. The summed E-state index contributed by atoms with van der Waals surface area (Å²) < 4.78 is 7.14. The summed E-state index contributed by atoms with van der Waals surface area (Å²) in [5.74, 6) is 0.169. The fraction of sp³-hybridized carbons (Fsp3) is 0. The number of hydrogen-bond acceptors (Lipinski definition) is 3. The third kappa shape index (κ3) is 2.95. The Hall–Kier alpha value is -3.60. The van der Waals surface area contributed by atoms with E-state index < -0.39 is 0 Å². The van der Waals surface area contributed by atoms with Crippen molar-refractivity contribution in [1.29, 1.82) is 0 Å². The molecule has 0 saturated heterocycles. The Morgan fingerprint density at radius 3 is 2.40 bits per heavy atom. The van der Waals surface area contributed by atoms with E-state index in [1.807, 2.05) is 71.6 Å². The van der Waals surface area contributed by atoms with Crippen molar-refractivity contribution in [3.63, 3.8) is 0 Å². The average Bonchev–Trinajstić information content (AvgIpc) is 3.34. The van der Waals surface area contributed by atoms with Crippen LogP contribution in [0.2, 0.25) is 0 Å². The van der Waals surface area contributed by atoms with Crippen LogP contribution in [0.4, 0.5) is 5.82 Å². The predicted molar refractivity (Wildman–Crippen MR) is 95.7 cm³/mol. The first-order valence-corrected chi connectivity index (χ1v) is 7.86. The molecule has 2 aromatic heterocycles. The van der Waals surface area contributed by atoms with Crippen molar-refractivity contribution in [3.8, 4) is 16.8 Å². The second-order valence-corrected chi connectivity index (χ2v) is 5.50. The van der Waals surface area contributed by atoms with E-state index in [4.69, 9.17) is 4.52 Å². The van der Waals surface area contributed by atoms with Gasteiger partial charge in [-0.15, -0.1) is 0 Å². The smallest absolute Gasteiger partial charge is 0.256 e. The van der Waals surface area contributed by atoms with Crippen LogP contribution in [-0.4, -0.2) is 15.6 Å². The van der Waals surface area contributed by atoms with Gasteiger partial charge < -0.3 is 14.4 Å². The Bertz CT molecular complexity index is 989. The number of nitrogens with one attached hydrogen (secondary N) is 1. The first-order valence-electron chi connectivity index (χ1n) is 7.86. The molecule has 4 aromatic rings. The minimum absolute atomic E-state index is 0.228. The van der Waals surface area contributed by atoms with Gasteiger partial charge in [-0.05, 0) is 30.3 Å². The highest BCUT2D eigenvalue weighted by Crippen LogP contribution is 2.32. The number of carbonyl (C=O) groups excluding carboxylic acids is 1. The van der Waals surface area contributed by atoms with Gasteiger partial charge in [0.2, 0.25) is 0 Å². The quantitative estimate of drug-likeness (QED) is 0.604. The largest absolute Gasteiger partial charge is 0.362 e. The number of benzene rings is 2. The van der Waals surface area contributed by atoms with Crippen molar-refractivity contribution in [3.05, 3.63) is 91.0 Å². The molecule has 0 aliphatic rings. The first-order chi connectivity index (χ1) is 12.3.